The van der Waals surface area contributed by atoms with Crippen molar-refractivity contribution in [1.82, 2.24) is 15.0 Å². The lowest BCUT2D eigenvalue weighted by atomic mass is 9.87. The Morgan fingerprint density at radius 2 is 2.12 bits per heavy atom. The molecule has 0 saturated heterocycles. The summed E-state index contributed by atoms with van der Waals surface area (Å²) in [5.74, 6) is 0.848. The summed E-state index contributed by atoms with van der Waals surface area (Å²) in [5, 5.41) is 17.9. The highest BCUT2D eigenvalue weighted by atomic mass is 16.3. The molecule has 0 radical (unpaired) electrons. The minimum absolute atomic E-state index is 0.462. The van der Waals surface area contributed by atoms with Gasteiger partial charge in [0.25, 0.3) is 0 Å². The summed E-state index contributed by atoms with van der Waals surface area (Å²) in [6.07, 6.45) is 7.07. The van der Waals surface area contributed by atoms with E-state index in [-0.39, 0.29) is 0 Å². The summed E-state index contributed by atoms with van der Waals surface area (Å²) < 4.78 is 1.94. The molecule has 1 heterocycles. The van der Waals surface area contributed by atoms with E-state index in [0.29, 0.717) is 18.2 Å². The Kier molecular flexibility index (Phi) is 3.59. The van der Waals surface area contributed by atoms with E-state index in [4.69, 9.17) is 0 Å². The Morgan fingerprint density at radius 1 is 1.44 bits per heavy atom. The average molecular weight is 223 g/mol. The van der Waals surface area contributed by atoms with E-state index in [0.717, 1.165) is 5.92 Å². The summed E-state index contributed by atoms with van der Waals surface area (Å²) in [6.45, 7) is 4.26. The van der Waals surface area contributed by atoms with Crippen LogP contribution >= 0.6 is 0 Å². The lowest BCUT2D eigenvalue weighted by molar-refractivity contribution is 0.168. The zero-order valence-corrected chi connectivity index (χ0v) is 10.1. The van der Waals surface area contributed by atoms with Crippen molar-refractivity contribution in [2.24, 2.45) is 5.92 Å². The van der Waals surface area contributed by atoms with Crippen molar-refractivity contribution in [2.75, 3.05) is 0 Å². The van der Waals surface area contributed by atoms with Gasteiger partial charge in [0.1, 0.15) is 5.69 Å². The number of rotatable bonds is 3. The molecule has 1 aliphatic carbocycles. The Hall–Kier alpha value is -0.900. The van der Waals surface area contributed by atoms with E-state index in [2.05, 4.69) is 17.2 Å². The number of aliphatic hydroxyl groups is 1. The maximum absolute atomic E-state index is 9.67. The summed E-state index contributed by atoms with van der Waals surface area (Å²) in [7, 11) is 0. The van der Waals surface area contributed by atoms with Gasteiger partial charge in [0.15, 0.2) is 0 Å². The zero-order valence-electron chi connectivity index (χ0n) is 10.1. The molecule has 16 heavy (non-hydrogen) atoms. The van der Waals surface area contributed by atoms with Crippen LogP contribution in [0.25, 0.3) is 0 Å². The van der Waals surface area contributed by atoms with Crippen LogP contribution < -0.4 is 0 Å². The predicted octanol–water partition coefficient (Wildman–Crippen LogP) is 2.47. The number of aliphatic hydroxyl groups excluding tert-OH is 1. The van der Waals surface area contributed by atoms with Crippen molar-refractivity contribution in [3.8, 4) is 0 Å². The van der Waals surface area contributed by atoms with Crippen LogP contribution in [0.1, 0.15) is 63.8 Å². The number of aromatic nitrogens is 3. The second kappa shape index (κ2) is 4.95. The van der Waals surface area contributed by atoms with Gasteiger partial charge in [-0.2, -0.15) is 0 Å². The Morgan fingerprint density at radius 3 is 2.75 bits per heavy atom. The first-order valence-corrected chi connectivity index (χ1v) is 6.30. The summed E-state index contributed by atoms with van der Waals surface area (Å²) in [6, 6.07) is 0.488. The molecule has 1 aromatic rings. The maximum atomic E-state index is 9.67. The summed E-state index contributed by atoms with van der Waals surface area (Å²) >= 11 is 0. The normalized spacial score (nSPS) is 27.9. The van der Waals surface area contributed by atoms with Gasteiger partial charge in [0.2, 0.25) is 0 Å². The van der Waals surface area contributed by atoms with Crippen molar-refractivity contribution in [1.29, 1.82) is 0 Å². The first kappa shape index (κ1) is 11.6. The average Bonchev–Trinajstić information content (AvgIpc) is 2.78. The topological polar surface area (TPSA) is 50.9 Å². The highest BCUT2D eigenvalue weighted by Crippen LogP contribution is 2.31. The van der Waals surface area contributed by atoms with Crippen LogP contribution in [0.5, 0.6) is 0 Å². The molecule has 90 valence electrons. The lowest BCUT2D eigenvalue weighted by Gasteiger charge is -2.25. The molecule has 1 fully saturated rings. The van der Waals surface area contributed by atoms with Crippen molar-refractivity contribution < 1.29 is 5.11 Å². The Bertz CT molecular complexity index is 329. The van der Waals surface area contributed by atoms with Crippen molar-refractivity contribution in [3.05, 3.63) is 11.9 Å². The van der Waals surface area contributed by atoms with Gasteiger partial charge in [-0.3, -0.25) is 0 Å². The SMILES string of the molecule is CCC(O)c1cn(C2CCC(C)CC2)nn1. The van der Waals surface area contributed by atoms with Gasteiger partial charge in [0.05, 0.1) is 18.3 Å². The van der Waals surface area contributed by atoms with Gasteiger partial charge in [-0.1, -0.05) is 19.1 Å². The number of nitrogens with zero attached hydrogens (tertiary/aromatic N) is 3. The molecular weight excluding hydrogens is 202 g/mol. The molecule has 0 aromatic carbocycles. The standard InChI is InChI=1S/C12H21N3O/c1-3-12(16)11-8-15(14-13-11)10-6-4-9(2)5-7-10/h8-10,12,16H,3-7H2,1-2H3. The summed E-state index contributed by atoms with van der Waals surface area (Å²) in [5.41, 5.74) is 0.709. The molecule has 0 amide bonds. The monoisotopic (exact) mass is 223 g/mol. The molecule has 2 rings (SSSR count). The molecule has 1 N–H and O–H groups in total. The third-order valence-electron chi connectivity index (χ3n) is 3.62. The number of hydrogen-bond donors (Lipinski definition) is 1. The van der Waals surface area contributed by atoms with E-state index < -0.39 is 6.10 Å². The first-order chi connectivity index (χ1) is 7.70. The number of hydrogen-bond acceptors (Lipinski definition) is 3. The molecule has 4 heteroatoms. The minimum atomic E-state index is -0.462. The summed E-state index contributed by atoms with van der Waals surface area (Å²) in [4.78, 5) is 0. The van der Waals surface area contributed by atoms with Crippen molar-refractivity contribution in [3.63, 3.8) is 0 Å². The van der Waals surface area contributed by atoms with Crippen LogP contribution in [-0.4, -0.2) is 20.1 Å². The van der Waals surface area contributed by atoms with Crippen molar-refractivity contribution >= 4 is 0 Å². The predicted molar refractivity (Wildman–Crippen MR) is 61.9 cm³/mol. The second-order valence-corrected chi connectivity index (χ2v) is 4.96. The molecule has 1 saturated carbocycles. The van der Waals surface area contributed by atoms with Crippen LogP contribution in [-0.2, 0) is 0 Å². The largest absolute Gasteiger partial charge is 0.387 e. The smallest absolute Gasteiger partial charge is 0.111 e. The van der Waals surface area contributed by atoms with Gasteiger partial charge in [-0.15, -0.1) is 5.10 Å². The molecule has 1 atom stereocenters. The maximum Gasteiger partial charge on any atom is 0.111 e. The van der Waals surface area contributed by atoms with Crippen LogP contribution in [0.2, 0.25) is 0 Å². The van der Waals surface area contributed by atoms with Crippen LogP contribution in [0.15, 0.2) is 6.20 Å². The second-order valence-electron chi connectivity index (χ2n) is 4.96. The van der Waals surface area contributed by atoms with E-state index in [1.54, 1.807) is 0 Å². The zero-order chi connectivity index (χ0) is 11.5. The van der Waals surface area contributed by atoms with E-state index in [9.17, 15) is 5.11 Å². The molecule has 1 aromatic heterocycles. The molecule has 1 aliphatic rings. The van der Waals surface area contributed by atoms with Gasteiger partial charge < -0.3 is 5.11 Å². The fraction of sp³-hybridized carbons (Fsp3) is 0.833. The van der Waals surface area contributed by atoms with Gasteiger partial charge in [0, 0.05) is 0 Å². The molecular formula is C12H21N3O. The molecule has 1 unspecified atom stereocenters. The molecule has 0 aliphatic heterocycles. The van der Waals surface area contributed by atoms with Gasteiger partial charge >= 0.3 is 0 Å². The quantitative estimate of drug-likeness (QED) is 0.856. The van der Waals surface area contributed by atoms with Gasteiger partial charge in [-0.05, 0) is 38.0 Å². The van der Waals surface area contributed by atoms with E-state index in [1.807, 2.05) is 17.8 Å². The van der Waals surface area contributed by atoms with Crippen molar-refractivity contribution in [2.45, 2.75) is 58.1 Å². The van der Waals surface area contributed by atoms with Crippen LogP contribution in [0.3, 0.4) is 0 Å². The highest BCUT2D eigenvalue weighted by Gasteiger charge is 2.21. The highest BCUT2D eigenvalue weighted by molar-refractivity contribution is 4.98. The van der Waals surface area contributed by atoms with E-state index in [1.165, 1.54) is 25.7 Å². The van der Waals surface area contributed by atoms with Gasteiger partial charge in [-0.25, -0.2) is 4.68 Å². The third kappa shape index (κ3) is 2.43. The minimum Gasteiger partial charge on any atom is -0.387 e. The Labute approximate surface area is 96.7 Å². The third-order valence-corrected chi connectivity index (χ3v) is 3.62. The van der Waals surface area contributed by atoms with Crippen LogP contribution in [0, 0.1) is 5.92 Å². The molecule has 0 bridgehead atoms. The van der Waals surface area contributed by atoms with Crippen LogP contribution in [0.4, 0.5) is 0 Å². The fourth-order valence-electron chi connectivity index (χ4n) is 2.34. The first-order valence-electron chi connectivity index (χ1n) is 6.30. The van der Waals surface area contributed by atoms with E-state index >= 15 is 0 Å². The lowest BCUT2D eigenvalue weighted by Crippen LogP contribution is -2.17. The fourth-order valence-corrected chi connectivity index (χ4v) is 2.34. The molecule has 4 nitrogen and oxygen atoms in total. The molecule has 0 spiro atoms. The Balaban J connectivity index is 2.01.